The largest absolute Gasteiger partial charge is 0.497 e. The maximum absolute atomic E-state index is 12.4. The molecule has 0 saturated heterocycles. The van der Waals surface area contributed by atoms with Gasteiger partial charge in [-0.15, -0.1) is 0 Å². The van der Waals surface area contributed by atoms with E-state index in [1.54, 1.807) is 31.4 Å². The lowest BCUT2D eigenvalue weighted by molar-refractivity contribution is -0.129. The highest BCUT2D eigenvalue weighted by molar-refractivity contribution is 7.92. The first kappa shape index (κ1) is 21.2. The van der Waals surface area contributed by atoms with Gasteiger partial charge in [0.1, 0.15) is 5.75 Å². The van der Waals surface area contributed by atoms with Crippen molar-refractivity contribution in [2.75, 3.05) is 18.1 Å². The Labute approximate surface area is 163 Å². The van der Waals surface area contributed by atoms with Gasteiger partial charge in [0.05, 0.1) is 24.6 Å². The van der Waals surface area contributed by atoms with E-state index in [0.717, 1.165) is 11.8 Å². The monoisotopic (exact) mass is 406 g/mol. The lowest BCUT2D eigenvalue weighted by atomic mass is 10.2. The molecule has 0 aliphatic rings. The van der Waals surface area contributed by atoms with Crippen molar-refractivity contribution in [3.05, 3.63) is 59.7 Å². The van der Waals surface area contributed by atoms with Crippen molar-refractivity contribution in [3.8, 4) is 5.75 Å². The smallest absolute Gasteiger partial charge is 0.341 e. The fourth-order valence-electron chi connectivity index (χ4n) is 2.30. The zero-order valence-corrected chi connectivity index (χ0v) is 16.6. The van der Waals surface area contributed by atoms with E-state index in [0.29, 0.717) is 5.75 Å². The molecule has 9 heteroatoms. The highest BCUT2D eigenvalue weighted by Crippen LogP contribution is 2.18. The van der Waals surface area contributed by atoms with E-state index in [1.165, 1.54) is 19.1 Å². The van der Waals surface area contributed by atoms with Crippen LogP contribution in [0.5, 0.6) is 5.75 Å². The normalized spacial score (nSPS) is 12.0. The van der Waals surface area contributed by atoms with Crippen LogP contribution >= 0.6 is 0 Å². The predicted molar refractivity (Wildman–Crippen MR) is 105 cm³/mol. The number of esters is 1. The number of rotatable bonds is 8. The number of amides is 1. The van der Waals surface area contributed by atoms with Gasteiger partial charge in [0, 0.05) is 6.54 Å². The van der Waals surface area contributed by atoms with E-state index < -0.39 is 28.0 Å². The molecule has 0 aromatic heterocycles. The molecule has 0 aliphatic carbocycles. The third kappa shape index (κ3) is 6.27. The maximum Gasteiger partial charge on any atom is 0.341 e. The van der Waals surface area contributed by atoms with Crippen molar-refractivity contribution in [2.45, 2.75) is 19.6 Å². The first-order chi connectivity index (χ1) is 13.2. The molecule has 0 saturated carbocycles. The number of para-hydroxylation sites is 1. The van der Waals surface area contributed by atoms with Gasteiger partial charge in [0.15, 0.2) is 6.10 Å². The predicted octanol–water partition coefficient (Wildman–Crippen LogP) is 1.93. The van der Waals surface area contributed by atoms with Crippen molar-refractivity contribution < 1.29 is 27.5 Å². The molecule has 0 radical (unpaired) electrons. The molecule has 2 aromatic carbocycles. The lowest BCUT2D eigenvalue weighted by Gasteiger charge is -2.15. The van der Waals surface area contributed by atoms with Crippen LogP contribution in [-0.2, 0) is 26.1 Å². The van der Waals surface area contributed by atoms with Crippen LogP contribution in [0.25, 0.3) is 0 Å². The molecule has 1 amide bonds. The number of carbonyl (C=O) groups excluding carboxylic acids is 2. The summed E-state index contributed by atoms with van der Waals surface area (Å²) in [5.74, 6) is -0.574. The zero-order valence-electron chi connectivity index (χ0n) is 15.8. The number of benzene rings is 2. The van der Waals surface area contributed by atoms with Gasteiger partial charge < -0.3 is 14.8 Å². The number of hydrogen-bond donors (Lipinski definition) is 2. The molecule has 8 nitrogen and oxygen atoms in total. The minimum atomic E-state index is -3.57. The molecule has 0 spiro atoms. The molecule has 150 valence electrons. The summed E-state index contributed by atoms with van der Waals surface area (Å²) >= 11 is 0. The molecule has 2 N–H and O–H groups in total. The minimum Gasteiger partial charge on any atom is -0.497 e. The summed E-state index contributed by atoms with van der Waals surface area (Å²) in [6.45, 7) is 1.70. The number of anilines is 1. The van der Waals surface area contributed by atoms with E-state index in [4.69, 9.17) is 9.47 Å². The molecular weight excluding hydrogens is 384 g/mol. The highest BCUT2D eigenvalue weighted by Gasteiger charge is 2.21. The van der Waals surface area contributed by atoms with E-state index >= 15 is 0 Å². The number of sulfonamides is 1. The second kappa shape index (κ2) is 9.23. The lowest BCUT2D eigenvalue weighted by Crippen LogP contribution is -2.35. The Hall–Kier alpha value is -3.07. The van der Waals surface area contributed by atoms with Gasteiger partial charge >= 0.3 is 5.97 Å². The Morgan fingerprint density at radius 2 is 1.71 bits per heavy atom. The number of hydrogen-bond acceptors (Lipinski definition) is 6. The minimum absolute atomic E-state index is 0.0164. The third-order valence-corrected chi connectivity index (χ3v) is 4.31. The Bertz CT molecular complexity index is 941. The second-order valence-corrected chi connectivity index (χ2v) is 7.78. The first-order valence-corrected chi connectivity index (χ1v) is 10.3. The maximum atomic E-state index is 12.4. The molecule has 0 unspecified atom stereocenters. The number of methoxy groups -OCH3 is 1. The summed E-state index contributed by atoms with van der Waals surface area (Å²) in [6.07, 6.45) is -0.0818. The zero-order chi connectivity index (χ0) is 20.7. The topological polar surface area (TPSA) is 111 Å². The summed E-state index contributed by atoms with van der Waals surface area (Å²) in [6, 6.07) is 13.2. The summed E-state index contributed by atoms with van der Waals surface area (Å²) < 4.78 is 35.4. The van der Waals surface area contributed by atoms with Crippen LogP contribution in [0.3, 0.4) is 0 Å². The van der Waals surface area contributed by atoms with Gasteiger partial charge in [0.25, 0.3) is 5.91 Å². The van der Waals surface area contributed by atoms with Crippen LogP contribution < -0.4 is 14.8 Å². The van der Waals surface area contributed by atoms with Crippen molar-refractivity contribution in [1.82, 2.24) is 5.32 Å². The molecule has 0 heterocycles. The molecule has 28 heavy (non-hydrogen) atoms. The van der Waals surface area contributed by atoms with Crippen molar-refractivity contribution >= 4 is 27.6 Å². The van der Waals surface area contributed by atoms with Gasteiger partial charge in [-0.1, -0.05) is 24.3 Å². The number of nitrogens with one attached hydrogen (secondary N) is 2. The van der Waals surface area contributed by atoms with Gasteiger partial charge in [-0.3, -0.25) is 9.52 Å². The first-order valence-electron chi connectivity index (χ1n) is 8.38. The number of carbonyl (C=O) groups is 2. The SMILES string of the molecule is COc1ccc(CNC(=O)[C@@H](C)OC(=O)c2ccccc2NS(C)(=O)=O)cc1. The van der Waals surface area contributed by atoms with E-state index in [1.807, 2.05) is 12.1 Å². The van der Waals surface area contributed by atoms with Gasteiger partial charge in [-0.2, -0.15) is 0 Å². The van der Waals surface area contributed by atoms with E-state index in [2.05, 4.69) is 10.0 Å². The summed E-state index contributed by atoms with van der Waals surface area (Å²) in [5, 5.41) is 2.68. The van der Waals surface area contributed by atoms with Crippen molar-refractivity contribution in [2.24, 2.45) is 0 Å². The highest BCUT2D eigenvalue weighted by atomic mass is 32.2. The van der Waals surface area contributed by atoms with Gasteiger partial charge in [0.2, 0.25) is 10.0 Å². The molecule has 2 rings (SSSR count). The van der Waals surface area contributed by atoms with Crippen LogP contribution in [0.1, 0.15) is 22.8 Å². The number of ether oxygens (including phenoxy) is 2. The fourth-order valence-corrected chi connectivity index (χ4v) is 2.88. The summed E-state index contributed by atoms with van der Waals surface area (Å²) in [4.78, 5) is 24.6. The van der Waals surface area contributed by atoms with Crippen LogP contribution in [0.2, 0.25) is 0 Å². The Morgan fingerprint density at radius 3 is 2.32 bits per heavy atom. The Balaban J connectivity index is 1.97. The molecular formula is C19H22N2O6S. The molecule has 0 bridgehead atoms. The summed E-state index contributed by atoms with van der Waals surface area (Å²) in [7, 11) is -2.00. The molecule has 2 aromatic rings. The Kier molecular flexibility index (Phi) is 7.00. The van der Waals surface area contributed by atoms with E-state index in [-0.39, 0.29) is 17.8 Å². The van der Waals surface area contributed by atoms with Crippen LogP contribution in [0.4, 0.5) is 5.69 Å². The van der Waals surface area contributed by atoms with Crippen molar-refractivity contribution in [1.29, 1.82) is 0 Å². The molecule has 0 aliphatic heterocycles. The van der Waals surface area contributed by atoms with Crippen molar-refractivity contribution in [3.63, 3.8) is 0 Å². The van der Waals surface area contributed by atoms with Crippen LogP contribution in [-0.4, -0.2) is 39.8 Å². The summed E-state index contributed by atoms with van der Waals surface area (Å²) in [5.41, 5.74) is 0.957. The van der Waals surface area contributed by atoms with Crippen LogP contribution in [0.15, 0.2) is 48.5 Å². The quantitative estimate of drug-likeness (QED) is 0.648. The average Bonchev–Trinajstić information content (AvgIpc) is 2.65. The average molecular weight is 406 g/mol. The molecule has 0 fully saturated rings. The van der Waals surface area contributed by atoms with Crippen LogP contribution in [0, 0.1) is 0 Å². The van der Waals surface area contributed by atoms with Gasteiger partial charge in [-0.05, 0) is 36.8 Å². The van der Waals surface area contributed by atoms with E-state index in [9.17, 15) is 18.0 Å². The third-order valence-electron chi connectivity index (χ3n) is 3.72. The van der Waals surface area contributed by atoms with Gasteiger partial charge in [-0.25, -0.2) is 13.2 Å². The standard InChI is InChI=1S/C19H22N2O6S/c1-13(18(22)20-12-14-8-10-15(26-2)11-9-14)27-19(23)16-6-4-5-7-17(16)21-28(3,24)25/h4-11,13,21H,12H2,1-3H3,(H,20,22)/t13-/m1/s1. The fraction of sp³-hybridized carbons (Fsp3) is 0.263. The Morgan fingerprint density at radius 1 is 1.07 bits per heavy atom. The molecule has 1 atom stereocenters. The second-order valence-electron chi connectivity index (χ2n) is 6.03.